The van der Waals surface area contributed by atoms with Gasteiger partial charge in [0.15, 0.2) is 17.3 Å². The van der Waals surface area contributed by atoms with Crippen molar-refractivity contribution in [2.45, 2.75) is 13.5 Å². The molecule has 0 radical (unpaired) electrons. The summed E-state index contributed by atoms with van der Waals surface area (Å²) in [5.41, 5.74) is -0.0886. The topological polar surface area (TPSA) is 103 Å². The van der Waals surface area contributed by atoms with Crippen LogP contribution in [0.25, 0.3) is 0 Å². The minimum Gasteiger partial charge on any atom is -0.492 e. The van der Waals surface area contributed by atoms with Crippen molar-refractivity contribution in [2.24, 2.45) is 0 Å². The second kappa shape index (κ2) is 5.40. The van der Waals surface area contributed by atoms with Crippen LogP contribution >= 0.6 is 0 Å². The van der Waals surface area contributed by atoms with Gasteiger partial charge in [0.05, 0.1) is 12.8 Å². The molecule has 0 saturated heterocycles. The number of aliphatic carboxylic acids is 1. The summed E-state index contributed by atoms with van der Waals surface area (Å²) in [4.78, 5) is 26.4. The van der Waals surface area contributed by atoms with E-state index in [1.54, 1.807) is 18.2 Å². The van der Waals surface area contributed by atoms with Crippen LogP contribution in [-0.4, -0.2) is 27.2 Å². The van der Waals surface area contributed by atoms with E-state index in [2.05, 4.69) is 10.3 Å². The molecule has 1 aliphatic rings. The highest BCUT2D eigenvalue weighted by Crippen LogP contribution is 2.44. The molecule has 0 spiro atoms. The predicted molar refractivity (Wildman–Crippen MR) is 77.1 cm³/mol. The fraction of sp³-hybridized carbons (Fsp3) is 0.214. The van der Waals surface area contributed by atoms with Crippen molar-refractivity contribution in [3.05, 3.63) is 34.9 Å². The van der Waals surface area contributed by atoms with Gasteiger partial charge in [0.25, 0.3) is 0 Å². The van der Waals surface area contributed by atoms with Gasteiger partial charge in [0.1, 0.15) is 18.0 Å². The molecule has 0 saturated carbocycles. The van der Waals surface area contributed by atoms with Gasteiger partial charge >= 0.3 is 11.7 Å². The maximum Gasteiger partial charge on any atom is 0.350 e. The zero-order chi connectivity index (χ0) is 15.7. The number of nitrogens with zero attached hydrogens (tertiary/aromatic N) is 2. The molecular formula is C14H13N3O5. The average molecular weight is 303 g/mol. The highest BCUT2D eigenvalue weighted by atomic mass is 16.5. The number of fused-ring (bicyclic) bond motifs is 2. The molecule has 0 amide bonds. The number of ether oxygens (including phenoxy) is 2. The standard InChI is InChI=1S/C14H13N3O5/c1-2-21-8-4-3-5-9-12(8)15-13-10(22-9)6-17(7-11(18)19)14(20)16-13/h3-6H,2,7H2,1H3,(H,18,19)(H,15,16,20). The Morgan fingerprint density at radius 2 is 2.27 bits per heavy atom. The van der Waals surface area contributed by atoms with E-state index in [0.29, 0.717) is 23.8 Å². The second-order valence-electron chi connectivity index (χ2n) is 4.55. The van der Waals surface area contributed by atoms with Crippen molar-refractivity contribution in [1.29, 1.82) is 0 Å². The highest BCUT2D eigenvalue weighted by molar-refractivity contribution is 5.77. The number of hydrogen-bond acceptors (Lipinski definition) is 6. The number of para-hydroxylation sites is 1. The van der Waals surface area contributed by atoms with Gasteiger partial charge in [-0.25, -0.2) is 4.79 Å². The molecule has 1 aromatic heterocycles. The van der Waals surface area contributed by atoms with Crippen LogP contribution in [0.4, 0.5) is 11.5 Å². The van der Waals surface area contributed by atoms with E-state index in [1.165, 1.54) is 6.20 Å². The first-order valence-corrected chi connectivity index (χ1v) is 6.62. The van der Waals surface area contributed by atoms with Gasteiger partial charge in [-0.05, 0) is 19.1 Å². The van der Waals surface area contributed by atoms with Crippen molar-refractivity contribution in [1.82, 2.24) is 9.55 Å². The molecule has 2 aromatic rings. The van der Waals surface area contributed by atoms with Crippen molar-refractivity contribution >= 4 is 17.5 Å². The number of aromatic nitrogens is 2. The largest absolute Gasteiger partial charge is 0.492 e. The molecule has 0 atom stereocenters. The molecule has 2 N–H and O–H groups in total. The molecule has 0 unspecified atom stereocenters. The monoisotopic (exact) mass is 303 g/mol. The van der Waals surface area contributed by atoms with E-state index in [0.717, 1.165) is 4.57 Å². The Hall–Kier alpha value is -3.03. The zero-order valence-electron chi connectivity index (χ0n) is 11.7. The van der Waals surface area contributed by atoms with Crippen molar-refractivity contribution in [2.75, 3.05) is 11.9 Å². The maximum atomic E-state index is 11.8. The summed E-state index contributed by atoms with van der Waals surface area (Å²) in [5, 5.41) is 11.8. The lowest BCUT2D eigenvalue weighted by molar-refractivity contribution is -0.137. The highest BCUT2D eigenvalue weighted by Gasteiger charge is 2.22. The lowest BCUT2D eigenvalue weighted by Crippen LogP contribution is -2.27. The summed E-state index contributed by atoms with van der Waals surface area (Å²) in [6.07, 6.45) is 1.32. The SMILES string of the molecule is CCOc1cccc2c1Nc1nc(=O)n(CC(=O)O)cc1O2. The molecule has 0 aliphatic carbocycles. The normalized spacial score (nSPS) is 11.7. The van der Waals surface area contributed by atoms with E-state index in [1.807, 2.05) is 6.92 Å². The van der Waals surface area contributed by atoms with E-state index in [9.17, 15) is 9.59 Å². The van der Waals surface area contributed by atoms with Gasteiger partial charge in [0, 0.05) is 0 Å². The van der Waals surface area contributed by atoms with Crippen molar-refractivity contribution in [3.8, 4) is 17.2 Å². The molecule has 0 bridgehead atoms. The molecule has 1 aliphatic heterocycles. The van der Waals surface area contributed by atoms with Gasteiger partial charge < -0.3 is 19.9 Å². The number of rotatable bonds is 4. The van der Waals surface area contributed by atoms with Crippen LogP contribution in [0.5, 0.6) is 17.2 Å². The van der Waals surface area contributed by atoms with Crippen molar-refractivity contribution < 1.29 is 19.4 Å². The Kier molecular flexibility index (Phi) is 3.42. The number of anilines is 2. The van der Waals surface area contributed by atoms with Crippen LogP contribution in [-0.2, 0) is 11.3 Å². The number of carboxylic acids is 1. The first-order chi connectivity index (χ1) is 10.6. The van der Waals surface area contributed by atoms with Crippen LogP contribution in [0.3, 0.4) is 0 Å². The van der Waals surface area contributed by atoms with E-state index in [-0.39, 0.29) is 11.6 Å². The average Bonchev–Trinajstić information content (AvgIpc) is 2.47. The van der Waals surface area contributed by atoms with Gasteiger partial charge in [-0.3, -0.25) is 9.36 Å². The third-order valence-corrected chi connectivity index (χ3v) is 3.02. The molecule has 0 fully saturated rings. The molecule has 8 nitrogen and oxygen atoms in total. The quantitative estimate of drug-likeness (QED) is 0.754. The van der Waals surface area contributed by atoms with Crippen LogP contribution in [0.15, 0.2) is 29.2 Å². The van der Waals surface area contributed by atoms with Crippen LogP contribution in [0, 0.1) is 0 Å². The Balaban J connectivity index is 2.02. The number of carbonyl (C=O) groups is 1. The number of nitrogens with one attached hydrogen (secondary N) is 1. The molecule has 114 valence electrons. The molecule has 8 heteroatoms. The Bertz CT molecular complexity index is 800. The summed E-state index contributed by atoms with van der Waals surface area (Å²) in [5.74, 6) is 0.475. The first-order valence-electron chi connectivity index (χ1n) is 6.62. The minimum absolute atomic E-state index is 0.228. The number of hydrogen-bond donors (Lipinski definition) is 2. The zero-order valence-corrected chi connectivity index (χ0v) is 11.7. The minimum atomic E-state index is -1.13. The van der Waals surface area contributed by atoms with Gasteiger partial charge in [0.2, 0.25) is 0 Å². The van der Waals surface area contributed by atoms with Gasteiger partial charge in [-0.2, -0.15) is 4.98 Å². The number of benzene rings is 1. The third kappa shape index (κ3) is 2.46. The summed E-state index contributed by atoms with van der Waals surface area (Å²) >= 11 is 0. The summed E-state index contributed by atoms with van der Waals surface area (Å²) in [6.45, 7) is 1.87. The van der Waals surface area contributed by atoms with Crippen LogP contribution in [0.1, 0.15) is 6.92 Å². The fourth-order valence-electron chi connectivity index (χ4n) is 2.13. The fourth-order valence-corrected chi connectivity index (χ4v) is 2.13. The Morgan fingerprint density at radius 3 is 3.00 bits per heavy atom. The lowest BCUT2D eigenvalue weighted by atomic mass is 10.2. The molecule has 3 rings (SSSR count). The van der Waals surface area contributed by atoms with E-state index in [4.69, 9.17) is 14.6 Å². The van der Waals surface area contributed by atoms with Crippen LogP contribution < -0.4 is 20.5 Å². The first kappa shape index (κ1) is 13.9. The van der Waals surface area contributed by atoms with Crippen molar-refractivity contribution in [3.63, 3.8) is 0 Å². The summed E-state index contributed by atoms with van der Waals surface area (Å²) in [7, 11) is 0. The molecule has 1 aromatic carbocycles. The number of carboxylic acid groups (broad SMARTS) is 1. The van der Waals surface area contributed by atoms with Gasteiger partial charge in [-0.1, -0.05) is 6.07 Å². The van der Waals surface area contributed by atoms with E-state index < -0.39 is 18.2 Å². The smallest absolute Gasteiger partial charge is 0.350 e. The van der Waals surface area contributed by atoms with Crippen LogP contribution in [0.2, 0.25) is 0 Å². The lowest BCUT2D eigenvalue weighted by Gasteiger charge is -2.23. The molecular weight excluding hydrogens is 290 g/mol. The second-order valence-corrected chi connectivity index (χ2v) is 4.55. The Morgan fingerprint density at radius 1 is 1.45 bits per heavy atom. The molecule has 2 heterocycles. The Labute approximate surface area is 124 Å². The molecule has 22 heavy (non-hydrogen) atoms. The summed E-state index contributed by atoms with van der Waals surface area (Å²) < 4.78 is 12.2. The third-order valence-electron chi connectivity index (χ3n) is 3.02. The van der Waals surface area contributed by atoms with E-state index >= 15 is 0 Å². The summed E-state index contributed by atoms with van der Waals surface area (Å²) in [6, 6.07) is 5.28. The van der Waals surface area contributed by atoms with Gasteiger partial charge in [-0.15, -0.1) is 0 Å². The predicted octanol–water partition coefficient (Wildman–Crippen LogP) is 1.58. The maximum absolute atomic E-state index is 11.8.